The summed E-state index contributed by atoms with van der Waals surface area (Å²) in [6, 6.07) is 3.14. The molecular weight excluding hydrogens is 280 g/mol. The lowest BCUT2D eigenvalue weighted by Gasteiger charge is -2.21. The molecule has 0 aliphatic carbocycles. The number of hydrogen-bond acceptors (Lipinski definition) is 5. The third-order valence-electron chi connectivity index (χ3n) is 3.27. The molecule has 3 rings (SSSR count). The van der Waals surface area contributed by atoms with Gasteiger partial charge in [-0.15, -0.1) is 11.3 Å². The molecular formula is C13H12N2O4S. The number of aromatic nitrogens is 1. The molecule has 1 fully saturated rings. The topological polar surface area (TPSA) is 83.6 Å². The van der Waals surface area contributed by atoms with Gasteiger partial charge in [0, 0.05) is 11.9 Å². The molecule has 1 amide bonds. The molecule has 6 nitrogen and oxygen atoms in total. The van der Waals surface area contributed by atoms with Crippen LogP contribution < -0.4 is 0 Å². The summed E-state index contributed by atoms with van der Waals surface area (Å²) in [6.45, 7) is 0.631. The number of carbonyl (C=O) groups is 2. The standard InChI is InChI=1S/C13H12N2O4S/c16-12(10-4-2-6-19-10)15-5-1-3-9(15)11-14-8(7-20-11)13(17)18/h2,4,6-7,9H,1,3,5H2,(H,17,18). The van der Waals surface area contributed by atoms with Crippen LogP contribution in [0.2, 0.25) is 0 Å². The zero-order chi connectivity index (χ0) is 14.1. The van der Waals surface area contributed by atoms with Crippen LogP contribution >= 0.6 is 11.3 Å². The maximum Gasteiger partial charge on any atom is 0.355 e. The molecule has 0 saturated carbocycles. The molecule has 3 heterocycles. The minimum Gasteiger partial charge on any atom is -0.476 e. The van der Waals surface area contributed by atoms with Crippen LogP contribution in [0.25, 0.3) is 0 Å². The fraction of sp³-hybridized carbons (Fsp3) is 0.308. The fourth-order valence-electron chi connectivity index (χ4n) is 2.35. The van der Waals surface area contributed by atoms with Gasteiger partial charge in [-0.25, -0.2) is 9.78 Å². The highest BCUT2D eigenvalue weighted by atomic mass is 32.1. The van der Waals surface area contributed by atoms with Crippen LogP contribution in [0.5, 0.6) is 0 Å². The summed E-state index contributed by atoms with van der Waals surface area (Å²) in [5.74, 6) is -0.925. The quantitative estimate of drug-likeness (QED) is 0.939. The Labute approximate surface area is 118 Å². The second-order valence-electron chi connectivity index (χ2n) is 4.51. The first-order valence-corrected chi connectivity index (χ1v) is 7.08. The zero-order valence-electron chi connectivity index (χ0n) is 10.5. The molecule has 20 heavy (non-hydrogen) atoms. The number of likely N-dealkylation sites (tertiary alicyclic amines) is 1. The third-order valence-corrected chi connectivity index (χ3v) is 4.22. The number of rotatable bonds is 3. The van der Waals surface area contributed by atoms with Crippen LogP contribution in [0, 0.1) is 0 Å². The predicted molar refractivity (Wildman–Crippen MR) is 70.8 cm³/mol. The first-order valence-electron chi connectivity index (χ1n) is 6.20. The highest BCUT2D eigenvalue weighted by Gasteiger charge is 2.33. The second kappa shape index (κ2) is 5.09. The van der Waals surface area contributed by atoms with E-state index in [0.717, 1.165) is 12.8 Å². The smallest absolute Gasteiger partial charge is 0.355 e. The van der Waals surface area contributed by atoms with Gasteiger partial charge in [0.1, 0.15) is 5.01 Å². The monoisotopic (exact) mass is 292 g/mol. The van der Waals surface area contributed by atoms with Crippen LogP contribution in [0.3, 0.4) is 0 Å². The summed E-state index contributed by atoms with van der Waals surface area (Å²) in [5.41, 5.74) is 0.0299. The number of hydrogen-bond donors (Lipinski definition) is 1. The van der Waals surface area contributed by atoms with Crippen molar-refractivity contribution in [3.8, 4) is 0 Å². The van der Waals surface area contributed by atoms with Gasteiger partial charge in [-0.2, -0.15) is 0 Å². The summed E-state index contributed by atoms with van der Waals surface area (Å²) in [7, 11) is 0. The Balaban J connectivity index is 1.85. The molecule has 2 aromatic rings. The predicted octanol–water partition coefficient (Wildman–Crippen LogP) is 2.41. The number of amides is 1. The molecule has 2 aromatic heterocycles. The van der Waals surface area contributed by atoms with E-state index in [1.165, 1.54) is 23.0 Å². The molecule has 1 atom stereocenters. The maximum atomic E-state index is 12.3. The molecule has 1 N–H and O–H groups in total. The number of aromatic carboxylic acids is 1. The van der Waals surface area contributed by atoms with Crippen LogP contribution in [0.1, 0.15) is 44.9 Å². The van der Waals surface area contributed by atoms with E-state index in [0.29, 0.717) is 17.3 Å². The summed E-state index contributed by atoms with van der Waals surface area (Å²) in [4.78, 5) is 29.0. The Morgan fingerprint density at radius 1 is 1.50 bits per heavy atom. The lowest BCUT2D eigenvalue weighted by Crippen LogP contribution is -2.30. The normalized spacial score (nSPS) is 18.4. The molecule has 0 radical (unpaired) electrons. The van der Waals surface area contributed by atoms with E-state index in [1.807, 2.05) is 0 Å². The maximum absolute atomic E-state index is 12.3. The SMILES string of the molecule is O=C(O)c1csc(C2CCCN2C(=O)c2ccco2)n1. The summed E-state index contributed by atoms with van der Waals surface area (Å²) < 4.78 is 5.13. The van der Waals surface area contributed by atoms with Gasteiger partial charge in [-0.1, -0.05) is 0 Å². The average molecular weight is 292 g/mol. The van der Waals surface area contributed by atoms with Gasteiger partial charge in [0.2, 0.25) is 0 Å². The van der Waals surface area contributed by atoms with Crippen molar-refractivity contribution in [2.45, 2.75) is 18.9 Å². The van der Waals surface area contributed by atoms with E-state index in [2.05, 4.69) is 4.98 Å². The summed E-state index contributed by atoms with van der Waals surface area (Å²) in [5, 5.41) is 11.1. The van der Waals surface area contributed by atoms with E-state index < -0.39 is 5.97 Å². The van der Waals surface area contributed by atoms with Crippen LogP contribution in [0.4, 0.5) is 0 Å². The molecule has 1 aliphatic heterocycles. The van der Waals surface area contributed by atoms with E-state index in [4.69, 9.17) is 9.52 Å². The van der Waals surface area contributed by atoms with Crippen molar-refractivity contribution in [1.29, 1.82) is 0 Å². The van der Waals surface area contributed by atoms with Gasteiger partial charge in [0.05, 0.1) is 12.3 Å². The minimum absolute atomic E-state index is 0.0299. The third kappa shape index (κ3) is 2.20. The van der Waals surface area contributed by atoms with Crippen molar-refractivity contribution in [2.75, 3.05) is 6.54 Å². The van der Waals surface area contributed by atoms with E-state index in [9.17, 15) is 9.59 Å². The number of furan rings is 1. The first kappa shape index (κ1) is 12.9. The van der Waals surface area contributed by atoms with Crippen molar-refractivity contribution in [1.82, 2.24) is 9.88 Å². The minimum atomic E-state index is -1.05. The van der Waals surface area contributed by atoms with Gasteiger partial charge >= 0.3 is 5.97 Å². The molecule has 104 valence electrons. The number of carboxylic acids is 1. The average Bonchev–Trinajstić information content (AvgIpc) is 3.17. The number of carbonyl (C=O) groups excluding carboxylic acids is 1. The summed E-state index contributed by atoms with van der Waals surface area (Å²) >= 11 is 1.28. The lowest BCUT2D eigenvalue weighted by molar-refractivity contribution is 0.0691. The van der Waals surface area contributed by atoms with Crippen LogP contribution in [0.15, 0.2) is 28.2 Å². The number of nitrogens with zero attached hydrogens (tertiary/aromatic N) is 2. The van der Waals surface area contributed by atoms with E-state index in [-0.39, 0.29) is 17.6 Å². The molecule has 1 unspecified atom stereocenters. The Morgan fingerprint density at radius 2 is 2.35 bits per heavy atom. The molecule has 0 spiro atoms. The van der Waals surface area contributed by atoms with Crippen LogP contribution in [-0.4, -0.2) is 33.4 Å². The molecule has 7 heteroatoms. The molecule has 1 aliphatic rings. The van der Waals surface area contributed by atoms with Gasteiger partial charge in [-0.05, 0) is 25.0 Å². The fourth-order valence-corrected chi connectivity index (χ4v) is 3.29. The van der Waals surface area contributed by atoms with Gasteiger partial charge < -0.3 is 14.4 Å². The Hall–Kier alpha value is -2.15. The van der Waals surface area contributed by atoms with Gasteiger partial charge in [0.15, 0.2) is 11.5 Å². The molecule has 1 saturated heterocycles. The number of carboxylic acid groups (broad SMARTS) is 1. The lowest BCUT2D eigenvalue weighted by atomic mass is 10.2. The van der Waals surface area contributed by atoms with E-state index >= 15 is 0 Å². The highest BCUT2D eigenvalue weighted by Crippen LogP contribution is 2.34. The zero-order valence-corrected chi connectivity index (χ0v) is 11.3. The Bertz CT molecular complexity index is 635. The largest absolute Gasteiger partial charge is 0.476 e. The van der Waals surface area contributed by atoms with E-state index in [1.54, 1.807) is 17.0 Å². The Kier molecular flexibility index (Phi) is 3.27. The summed E-state index contributed by atoms with van der Waals surface area (Å²) in [6.07, 6.45) is 3.13. The van der Waals surface area contributed by atoms with Crippen molar-refractivity contribution in [3.63, 3.8) is 0 Å². The highest BCUT2D eigenvalue weighted by molar-refractivity contribution is 7.09. The van der Waals surface area contributed by atoms with Crippen molar-refractivity contribution in [2.24, 2.45) is 0 Å². The van der Waals surface area contributed by atoms with Crippen molar-refractivity contribution in [3.05, 3.63) is 40.2 Å². The first-order chi connectivity index (χ1) is 9.66. The van der Waals surface area contributed by atoms with Crippen molar-refractivity contribution >= 4 is 23.2 Å². The second-order valence-corrected chi connectivity index (χ2v) is 5.40. The molecule has 0 bridgehead atoms. The number of thiazole rings is 1. The van der Waals surface area contributed by atoms with Crippen molar-refractivity contribution < 1.29 is 19.1 Å². The van der Waals surface area contributed by atoms with Gasteiger partial charge in [0.25, 0.3) is 5.91 Å². The van der Waals surface area contributed by atoms with Crippen LogP contribution in [-0.2, 0) is 0 Å². The Morgan fingerprint density at radius 3 is 3.00 bits per heavy atom. The molecule has 0 aromatic carbocycles. The van der Waals surface area contributed by atoms with Gasteiger partial charge in [-0.3, -0.25) is 4.79 Å².